The van der Waals surface area contributed by atoms with Crippen LogP contribution in [0.5, 0.6) is 11.5 Å². The van der Waals surface area contributed by atoms with Crippen molar-refractivity contribution in [3.05, 3.63) is 64.7 Å². The lowest BCUT2D eigenvalue weighted by atomic mass is 9.83. The van der Waals surface area contributed by atoms with Crippen LogP contribution in [0.15, 0.2) is 42.5 Å². The van der Waals surface area contributed by atoms with Gasteiger partial charge in [0, 0.05) is 34.6 Å². The van der Waals surface area contributed by atoms with Crippen LogP contribution in [-0.4, -0.2) is 41.4 Å². The summed E-state index contributed by atoms with van der Waals surface area (Å²) in [6.07, 6.45) is 7.36. The Morgan fingerprint density at radius 1 is 1.11 bits per heavy atom. The number of carbonyl (C=O) groups is 2. The highest BCUT2D eigenvalue weighted by Gasteiger charge is 2.44. The molecule has 5 aliphatic heterocycles. The molecule has 8 heteroatoms. The number of ether oxygens (including phenoxy) is 2. The first-order chi connectivity index (χ1) is 18.4. The van der Waals surface area contributed by atoms with Gasteiger partial charge in [-0.05, 0) is 55.2 Å². The van der Waals surface area contributed by atoms with Gasteiger partial charge in [-0.3, -0.25) is 19.9 Å². The molecule has 0 radical (unpaired) electrons. The fourth-order valence-electron chi connectivity index (χ4n) is 6.20. The largest absolute Gasteiger partial charge is 0.493 e. The molecule has 38 heavy (non-hydrogen) atoms. The van der Waals surface area contributed by atoms with Gasteiger partial charge in [-0.2, -0.15) is 0 Å². The monoisotopic (exact) mass is 514 g/mol. The number of hydrogen-bond acceptors (Lipinski definition) is 5. The SMILES string of the molecule is CC[C@]12CC/C=C\c3ccc4c(c3)[C@@H](NC(=O)c3ccc5c(c3)[C@@H](CCO5)N(C(=N)N1)C(=O)C2)[C@H](C)CO4. The Bertz CT molecular complexity index is 1320. The normalized spacial score (nSPS) is 29.3. The molecular formula is C30H34N4O4. The molecule has 1 fully saturated rings. The van der Waals surface area contributed by atoms with E-state index in [2.05, 4.69) is 42.7 Å². The van der Waals surface area contributed by atoms with Crippen LogP contribution in [0.4, 0.5) is 0 Å². The van der Waals surface area contributed by atoms with Gasteiger partial charge in [-0.1, -0.05) is 32.1 Å². The Labute approximate surface area is 222 Å². The number of benzene rings is 2. The third-order valence-corrected chi connectivity index (χ3v) is 8.48. The van der Waals surface area contributed by atoms with Gasteiger partial charge in [0.05, 0.1) is 31.7 Å². The fourth-order valence-corrected chi connectivity index (χ4v) is 6.20. The number of fused-ring (bicyclic) bond motifs is 5. The van der Waals surface area contributed by atoms with Crippen molar-refractivity contribution in [1.29, 1.82) is 5.41 Å². The molecule has 0 aromatic heterocycles. The molecule has 2 aromatic carbocycles. The summed E-state index contributed by atoms with van der Waals surface area (Å²) >= 11 is 0. The average molecular weight is 515 g/mol. The number of carbonyl (C=O) groups excluding carboxylic acids is 2. The zero-order valence-corrected chi connectivity index (χ0v) is 21.9. The van der Waals surface area contributed by atoms with E-state index in [4.69, 9.17) is 14.9 Å². The Kier molecular flexibility index (Phi) is 6.13. The highest BCUT2D eigenvalue weighted by Crippen LogP contribution is 2.41. The topological polar surface area (TPSA) is 104 Å². The molecule has 5 heterocycles. The molecule has 0 spiro atoms. The second-order valence-electron chi connectivity index (χ2n) is 10.9. The van der Waals surface area contributed by atoms with Gasteiger partial charge in [0.1, 0.15) is 11.5 Å². The van der Waals surface area contributed by atoms with Crippen molar-refractivity contribution >= 4 is 23.8 Å². The molecule has 0 aliphatic carbocycles. The number of rotatable bonds is 1. The van der Waals surface area contributed by atoms with E-state index in [1.807, 2.05) is 18.2 Å². The summed E-state index contributed by atoms with van der Waals surface area (Å²) in [6, 6.07) is 10.9. The van der Waals surface area contributed by atoms with Crippen LogP contribution < -0.4 is 20.1 Å². The molecule has 5 aliphatic rings. The lowest BCUT2D eigenvalue weighted by Gasteiger charge is -2.46. The Balaban J connectivity index is 1.45. The van der Waals surface area contributed by atoms with Gasteiger partial charge in [0.25, 0.3) is 5.91 Å². The number of nitrogens with zero attached hydrogens (tertiary/aromatic N) is 1. The number of amides is 2. The lowest BCUT2D eigenvalue weighted by molar-refractivity contribution is -0.133. The van der Waals surface area contributed by atoms with E-state index < -0.39 is 5.54 Å². The standard InChI is InChI=1S/C30H34N4O4/c1-3-30-12-5-4-6-19-7-9-25-22(14-19)27(18(2)17-38-25)32-28(36)20-8-10-24-21(15-20)23(11-13-37-24)34(26(35)16-30)29(31)33-30/h4,6-10,14-15,18,23,27H,3,5,11-13,16-17H2,1-2H3,(H2,31,33)(H,32,36)/b6-4-/t18-,23-,27+,30-/m1/s1. The maximum absolute atomic E-state index is 13.6. The van der Waals surface area contributed by atoms with E-state index in [1.54, 1.807) is 17.0 Å². The van der Waals surface area contributed by atoms with Crippen LogP contribution in [0.1, 0.15) is 85.1 Å². The van der Waals surface area contributed by atoms with Crippen molar-refractivity contribution in [3.8, 4) is 11.5 Å². The minimum absolute atomic E-state index is 0.0651. The molecule has 2 amide bonds. The summed E-state index contributed by atoms with van der Waals surface area (Å²) in [4.78, 5) is 28.7. The zero-order valence-electron chi connectivity index (χ0n) is 21.9. The van der Waals surface area contributed by atoms with E-state index >= 15 is 0 Å². The van der Waals surface area contributed by atoms with Crippen molar-refractivity contribution in [1.82, 2.24) is 15.5 Å². The third kappa shape index (κ3) is 4.22. The van der Waals surface area contributed by atoms with Gasteiger partial charge < -0.3 is 20.1 Å². The zero-order chi connectivity index (χ0) is 26.4. The van der Waals surface area contributed by atoms with Crippen molar-refractivity contribution < 1.29 is 19.1 Å². The van der Waals surface area contributed by atoms with Crippen LogP contribution in [0, 0.1) is 11.3 Å². The van der Waals surface area contributed by atoms with Crippen molar-refractivity contribution in [2.24, 2.45) is 5.92 Å². The molecular weight excluding hydrogens is 480 g/mol. The quantitative estimate of drug-likeness (QED) is 0.511. The third-order valence-electron chi connectivity index (χ3n) is 8.48. The number of nitrogens with one attached hydrogen (secondary N) is 3. The number of hydrogen-bond donors (Lipinski definition) is 3. The summed E-state index contributed by atoms with van der Waals surface area (Å²) < 4.78 is 11.9. The predicted molar refractivity (Wildman–Crippen MR) is 144 cm³/mol. The first kappa shape index (κ1) is 24.5. The summed E-state index contributed by atoms with van der Waals surface area (Å²) in [7, 11) is 0. The predicted octanol–water partition coefficient (Wildman–Crippen LogP) is 4.72. The molecule has 6 bridgehead atoms. The van der Waals surface area contributed by atoms with Gasteiger partial charge in [-0.25, -0.2) is 0 Å². The smallest absolute Gasteiger partial charge is 0.251 e. The van der Waals surface area contributed by atoms with E-state index in [0.29, 0.717) is 37.4 Å². The van der Waals surface area contributed by atoms with Gasteiger partial charge >= 0.3 is 0 Å². The van der Waals surface area contributed by atoms with Gasteiger partial charge in [0.2, 0.25) is 5.91 Å². The first-order valence-corrected chi connectivity index (χ1v) is 13.6. The molecule has 0 saturated carbocycles. The second kappa shape index (κ2) is 9.49. The summed E-state index contributed by atoms with van der Waals surface area (Å²) in [5.74, 6) is 1.42. The molecule has 2 aromatic rings. The Morgan fingerprint density at radius 2 is 1.92 bits per heavy atom. The van der Waals surface area contributed by atoms with Crippen LogP contribution in [-0.2, 0) is 4.79 Å². The highest BCUT2D eigenvalue weighted by molar-refractivity contribution is 6.00. The molecule has 0 unspecified atom stereocenters. The highest BCUT2D eigenvalue weighted by atomic mass is 16.5. The first-order valence-electron chi connectivity index (χ1n) is 13.6. The van der Waals surface area contributed by atoms with E-state index in [1.165, 1.54) is 0 Å². The fraction of sp³-hybridized carbons (Fsp3) is 0.433. The second-order valence-corrected chi connectivity index (χ2v) is 10.9. The Morgan fingerprint density at radius 3 is 2.74 bits per heavy atom. The maximum atomic E-state index is 13.6. The van der Waals surface area contributed by atoms with Crippen molar-refractivity contribution in [2.75, 3.05) is 13.2 Å². The van der Waals surface area contributed by atoms with Gasteiger partial charge in [0.15, 0.2) is 5.96 Å². The molecule has 8 nitrogen and oxygen atoms in total. The molecule has 4 atom stereocenters. The van der Waals surface area contributed by atoms with Crippen molar-refractivity contribution in [3.63, 3.8) is 0 Å². The molecule has 3 N–H and O–H groups in total. The average Bonchev–Trinajstić information content (AvgIpc) is 2.91. The summed E-state index contributed by atoms with van der Waals surface area (Å²) in [5.41, 5.74) is 2.83. The lowest BCUT2D eigenvalue weighted by Crippen LogP contribution is -2.63. The van der Waals surface area contributed by atoms with Crippen LogP contribution in [0.25, 0.3) is 6.08 Å². The van der Waals surface area contributed by atoms with Gasteiger partial charge in [-0.15, -0.1) is 0 Å². The van der Waals surface area contributed by atoms with Crippen LogP contribution >= 0.6 is 0 Å². The number of allylic oxidation sites excluding steroid dienone is 1. The van der Waals surface area contributed by atoms with Crippen LogP contribution in [0.2, 0.25) is 0 Å². The molecule has 198 valence electrons. The molecule has 1 saturated heterocycles. The Hall–Kier alpha value is -3.81. The minimum atomic E-state index is -0.458. The summed E-state index contributed by atoms with van der Waals surface area (Å²) in [5, 5.41) is 15.5. The van der Waals surface area contributed by atoms with Crippen molar-refractivity contribution in [2.45, 2.75) is 63.6 Å². The van der Waals surface area contributed by atoms with Crippen LogP contribution in [0.3, 0.4) is 0 Å². The van der Waals surface area contributed by atoms with E-state index in [0.717, 1.165) is 41.7 Å². The maximum Gasteiger partial charge on any atom is 0.251 e. The van der Waals surface area contributed by atoms with E-state index in [9.17, 15) is 9.59 Å². The molecule has 7 rings (SSSR count). The van der Waals surface area contributed by atoms with E-state index in [-0.39, 0.29) is 35.8 Å². The summed E-state index contributed by atoms with van der Waals surface area (Å²) in [6.45, 7) is 5.12. The number of guanidine groups is 1. The minimum Gasteiger partial charge on any atom is -0.493 e.